The van der Waals surface area contributed by atoms with Crippen molar-refractivity contribution < 1.29 is 14.3 Å². The highest BCUT2D eigenvalue weighted by atomic mass is 16.5. The van der Waals surface area contributed by atoms with Gasteiger partial charge in [0.1, 0.15) is 5.75 Å². The van der Waals surface area contributed by atoms with E-state index in [-0.39, 0.29) is 30.4 Å². The van der Waals surface area contributed by atoms with Gasteiger partial charge in [0.25, 0.3) is 5.91 Å². The summed E-state index contributed by atoms with van der Waals surface area (Å²) in [5.74, 6) is -0.279. The molecule has 6 nitrogen and oxygen atoms in total. The van der Waals surface area contributed by atoms with Crippen molar-refractivity contribution >= 4 is 11.8 Å². The molecule has 0 bridgehead atoms. The second-order valence-electron chi connectivity index (χ2n) is 5.50. The maximum absolute atomic E-state index is 12.3. The number of piperidine rings is 1. The number of primary amides is 1. The van der Waals surface area contributed by atoms with Crippen LogP contribution in [0.15, 0.2) is 24.3 Å². The topological polar surface area (TPSA) is 96.4 Å². The summed E-state index contributed by atoms with van der Waals surface area (Å²) in [5.41, 5.74) is 5.87. The number of carbonyl (C=O) groups is 2. The van der Waals surface area contributed by atoms with Gasteiger partial charge >= 0.3 is 0 Å². The minimum Gasteiger partial charge on any atom is -0.484 e. The van der Waals surface area contributed by atoms with Crippen LogP contribution < -0.4 is 10.5 Å². The molecule has 0 radical (unpaired) electrons. The molecule has 0 spiro atoms. The first-order chi connectivity index (χ1) is 10.5. The average molecular weight is 301 g/mol. The maximum atomic E-state index is 12.3. The molecule has 22 heavy (non-hydrogen) atoms. The van der Waals surface area contributed by atoms with Crippen molar-refractivity contribution in [2.24, 2.45) is 11.7 Å². The smallest absolute Gasteiger partial charge is 0.260 e. The Morgan fingerprint density at radius 3 is 2.64 bits per heavy atom. The SMILES string of the molecule is C[C@H]1CC[C@H](C(N)=O)CN1C(=O)COc1ccc(C#N)cc1. The molecule has 116 valence electrons. The molecule has 1 heterocycles. The zero-order chi connectivity index (χ0) is 16.1. The van der Waals surface area contributed by atoms with E-state index < -0.39 is 0 Å². The van der Waals surface area contributed by atoms with Crippen LogP contribution in [0, 0.1) is 17.2 Å². The highest BCUT2D eigenvalue weighted by molar-refractivity contribution is 5.81. The second-order valence-corrected chi connectivity index (χ2v) is 5.50. The summed E-state index contributed by atoms with van der Waals surface area (Å²) in [7, 11) is 0. The molecule has 0 aromatic heterocycles. The van der Waals surface area contributed by atoms with E-state index in [2.05, 4.69) is 0 Å². The highest BCUT2D eigenvalue weighted by Gasteiger charge is 2.31. The molecule has 0 saturated carbocycles. The van der Waals surface area contributed by atoms with E-state index in [4.69, 9.17) is 15.7 Å². The van der Waals surface area contributed by atoms with E-state index >= 15 is 0 Å². The van der Waals surface area contributed by atoms with Crippen LogP contribution in [0.3, 0.4) is 0 Å². The number of benzene rings is 1. The summed E-state index contributed by atoms with van der Waals surface area (Å²) in [6, 6.07) is 8.66. The third-order valence-corrected chi connectivity index (χ3v) is 3.95. The first-order valence-corrected chi connectivity index (χ1v) is 7.23. The fraction of sp³-hybridized carbons (Fsp3) is 0.438. The molecule has 1 fully saturated rings. The summed E-state index contributed by atoms with van der Waals surface area (Å²) < 4.78 is 5.45. The normalized spacial score (nSPS) is 21.0. The molecule has 6 heteroatoms. The number of hydrogen-bond acceptors (Lipinski definition) is 4. The Hall–Kier alpha value is -2.55. The zero-order valence-corrected chi connectivity index (χ0v) is 12.5. The van der Waals surface area contributed by atoms with Crippen molar-refractivity contribution in [3.05, 3.63) is 29.8 Å². The molecule has 0 aliphatic carbocycles. The maximum Gasteiger partial charge on any atom is 0.260 e. The molecule has 2 N–H and O–H groups in total. The van der Waals surface area contributed by atoms with Gasteiger partial charge in [0.15, 0.2) is 6.61 Å². The number of rotatable bonds is 4. The Bertz CT molecular complexity index is 592. The Labute approximate surface area is 129 Å². The Kier molecular flexibility index (Phi) is 4.99. The number of nitrogens with two attached hydrogens (primary N) is 1. The van der Waals surface area contributed by atoms with E-state index in [0.717, 1.165) is 12.8 Å². The molecule has 1 aromatic rings. The van der Waals surface area contributed by atoms with Gasteiger partial charge in [0.05, 0.1) is 17.6 Å². The minimum absolute atomic E-state index is 0.0765. The second kappa shape index (κ2) is 6.94. The van der Waals surface area contributed by atoms with E-state index in [1.54, 1.807) is 29.2 Å². The third-order valence-electron chi connectivity index (χ3n) is 3.95. The molecule has 1 aromatic carbocycles. The largest absolute Gasteiger partial charge is 0.484 e. The lowest BCUT2D eigenvalue weighted by Crippen LogP contribution is -2.50. The number of nitriles is 1. The summed E-state index contributed by atoms with van der Waals surface area (Å²) in [6.45, 7) is 2.21. The number of ether oxygens (including phenoxy) is 1. The average Bonchev–Trinajstić information content (AvgIpc) is 2.53. The van der Waals surface area contributed by atoms with Crippen LogP contribution in [-0.2, 0) is 9.59 Å². The number of amides is 2. The lowest BCUT2D eigenvalue weighted by Gasteiger charge is -2.36. The first kappa shape index (κ1) is 15.8. The molecule has 2 atom stereocenters. The molecule has 0 unspecified atom stereocenters. The number of likely N-dealkylation sites (tertiary alicyclic amines) is 1. The first-order valence-electron chi connectivity index (χ1n) is 7.23. The van der Waals surface area contributed by atoms with Gasteiger partial charge in [-0.2, -0.15) is 5.26 Å². The molecular formula is C16H19N3O3. The van der Waals surface area contributed by atoms with Crippen molar-refractivity contribution in [1.82, 2.24) is 4.90 Å². The van der Waals surface area contributed by atoms with Gasteiger partial charge in [0, 0.05) is 12.6 Å². The summed E-state index contributed by atoms with van der Waals surface area (Å²) in [4.78, 5) is 25.2. The van der Waals surface area contributed by atoms with Gasteiger partial charge in [-0.3, -0.25) is 9.59 Å². The van der Waals surface area contributed by atoms with Crippen molar-refractivity contribution in [2.75, 3.05) is 13.2 Å². The van der Waals surface area contributed by atoms with Crippen LogP contribution in [0.5, 0.6) is 5.75 Å². The molecule has 2 amide bonds. The van der Waals surface area contributed by atoms with Crippen molar-refractivity contribution in [3.8, 4) is 11.8 Å². The van der Waals surface area contributed by atoms with Crippen molar-refractivity contribution in [3.63, 3.8) is 0 Å². The number of carbonyl (C=O) groups excluding carboxylic acids is 2. The van der Waals surface area contributed by atoms with Crippen LogP contribution >= 0.6 is 0 Å². The standard InChI is InChI=1S/C16H19N3O3/c1-11-2-5-13(16(18)21)9-19(11)15(20)10-22-14-6-3-12(8-17)4-7-14/h3-4,6-7,11,13H,2,5,9-10H2,1H3,(H2,18,21)/t11-,13-/m0/s1. The van der Waals surface area contributed by atoms with Crippen LogP contribution in [0.4, 0.5) is 0 Å². The Morgan fingerprint density at radius 1 is 1.36 bits per heavy atom. The fourth-order valence-corrected chi connectivity index (χ4v) is 2.54. The van der Waals surface area contributed by atoms with E-state index in [0.29, 0.717) is 17.9 Å². The summed E-state index contributed by atoms with van der Waals surface area (Å²) in [5, 5.41) is 8.73. The predicted molar refractivity (Wildman–Crippen MR) is 79.7 cm³/mol. The predicted octanol–water partition coefficient (Wildman–Crippen LogP) is 1.05. The molecule has 1 saturated heterocycles. The lowest BCUT2D eigenvalue weighted by molar-refractivity contribution is -0.139. The molecule has 1 aliphatic heterocycles. The Balaban J connectivity index is 1.92. The van der Waals surface area contributed by atoms with Gasteiger partial charge in [0.2, 0.25) is 5.91 Å². The summed E-state index contributed by atoms with van der Waals surface area (Å²) in [6.07, 6.45) is 1.48. The minimum atomic E-state index is -0.363. The molecule has 1 aliphatic rings. The fourth-order valence-electron chi connectivity index (χ4n) is 2.54. The zero-order valence-electron chi connectivity index (χ0n) is 12.5. The number of hydrogen-bond donors (Lipinski definition) is 1. The van der Waals surface area contributed by atoms with Crippen molar-refractivity contribution in [1.29, 1.82) is 5.26 Å². The van der Waals surface area contributed by atoms with Crippen LogP contribution in [0.2, 0.25) is 0 Å². The van der Waals surface area contributed by atoms with Crippen LogP contribution in [0.1, 0.15) is 25.3 Å². The molecule has 2 rings (SSSR count). The quantitative estimate of drug-likeness (QED) is 0.899. The third kappa shape index (κ3) is 3.76. The number of nitrogens with zero attached hydrogens (tertiary/aromatic N) is 2. The van der Waals surface area contributed by atoms with Gasteiger partial charge in [-0.15, -0.1) is 0 Å². The van der Waals surface area contributed by atoms with Gasteiger partial charge < -0.3 is 15.4 Å². The van der Waals surface area contributed by atoms with Gasteiger partial charge in [-0.05, 0) is 44.0 Å². The van der Waals surface area contributed by atoms with Crippen LogP contribution in [0.25, 0.3) is 0 Å². The van der Waals surface area contributed by atoms with Gasteiger partial charge in [-0.25, -0.2) is 0 Å². The van der Waals surface area contributed by atoms with E-state index in [9.17, 15) is 9.59 Å². The summed E-state index contributed by atoms with van der Waals surface area (Å²) >= 11 is 0. The lowest BCUT2D eigenvalue weighted by atomic mass is 9.93. The highest BCUT2D eigenvalue weighted by Crippen LogP contribution is 2.22. The molecular weight excluding hydrogens is 282 g/mol. The van der Waals surface area contributed by atoms with Crippen molar-refractivity contribution in [2.45, 2.75) is 25.8 Å². The van der Waals surface area contributed by atoms with Crippen LogP contribution in [-0.4, -0.2) is 35.9 Å². The van der Waals surface area contributed by atoms with Gasteiger partial charge in [-0.1, -0.05) is 0 Å². The van der Waals surface area contributed by atoms with E-state index in [1.807, 2.05) is 13.0 Å². The Morgan fingerprint density at radius 2 is 2.05 bits per heavy atom. The van der Waals surface area contributed by atoms with E-state index in [1.165, 1.54) is 0 Å². The monoisotopic (exact) mass is 301 g/mol.